The summed E-state index contributed by atoms with van der Waals surface area (Å²) < 4.78 is 6.57. The maximum absolute atomic E-state index is 12.1. The molecule has 2 rings (SSSR count). The quantitative estimate of drug-likeness (QED) is 0.720. The molecule has 0 spiro atoms. The molecule has 4 heteroatoms. The number of halogens is 1. The zero-order valence-electron chi connectivity index (χ0n) is 11.9. The normalized spacial score (nSPS) is 15.1. The summed E-state index contributed by atoms with van der Waals surface area (Å²) in [6.07, 6.45) is 0.647. The summed E-state index contributed by atoms with van der Waals surface area (Å²) in [5.74, 6) is 0. The second-order valence-electron chi connectivity index (χ2n) is 5.97. The second-order valence-corrected chi connectivity index (χ2v) is 6.83. The van der Waals surface area contributed by atoms with Gasteiger partial charge in [0.25, 0.3) is 0 Å². The number of carbonyl (C=O) groups is 1. The van der Waals surface area contributed by atoms with Crippen molar-refractivity contribution in [2.24, 2.45) is 0 Å². The highest BCUT2D eigenvalue weighted by Gasteiger charge is 2.27. The molecule has 0 bridgehead atoms. The monoisotopic (exact) mass is 325 g/mol. The van der Waals surface area contributed by atoms with Crippen LogP contribution in [0.3, 0.4) is 0 Å². The van der Waals surface area contributed by atoms with Gasteiger partial charge in [-0.3, -0.25) is 0 Å². The Morgan fingerprint density at radius 1 is 1.32 bits per heavy atom. The molecule has 0 fully saturated rings. The fourth-order valence-corrected chi connectivity index (χ4v) is 2.84. The summed E-state index contributed by atoms with van der Waals surface area (Å²) in [5.41, 5.74) is 3.35. The SMILES string of the molecule is Cc1ccc(Br)c2c1CN(C(=O)OC(C)(C)C)CC2. The van der Waals surface area contributed by atoms with Gasteiger partial charge in [0.2, 0.25) is 0 Å². The summed E-state index contributed by atoms with van der Waals surface area (Å²) in [6.45, 7) is 9.11. The number of ether oxygens (including phenoxy) is 1. The minimum Gasteiger partial charge on any atom is -0.444 e. The highest BCUT2D eigenvalue weighted by atomic mass is 79.9. The Bertz CT molecular complexity index is 506. The predicted molar refractivity (Wildman–Crippen MR) is 79.2 cm³/mol. The average Bonchev–Trinajstić information content (AvgIpc) is 2.31. The van der Waals surface area contributed by atoms with Gasteiger partial charge in [-0.15, -0.1) is 0 Å². The number of amides is 1. The molecule has 1 aromatic rings. The van der Waals surface area contributed by atoms with E-state index in [0.717, 1.165) is 10.9 Å². The number of rotatable bonds is 0. The number of hydrogen-bond donors (Lipinski definition) is 0. The molecule has 1 aromatic carbocycles. The van der Waals surface area contributed by atoms with Gasteiger partial charge in [0.05, 0.1) is 0 Å². The number of benzene rings is 1. The number of nitrogens with zero attached hydrogens (tertiary/aromatic N) is 1. The van der Waals surface area contributed by atoms with Crippen LogP contribution in [0.2, 0.25) is 0 Å². The highest BCUT2D eigenvalue weighted by molar-refractivity contribution is 9.10. The van der Waals surface area contributed by atoms with Crippen molar-refractivity contribution >= 4 is 22.0 Å². The van der Waals surface area contributed by atoms with Gasteiger partial charge >= 0.3 is 6.09 Å². The number of hydrogen-bond acceptors (Lipinski definition) is 2. The first kappa shape index (κ1) is 14.4. The molecule has 1 aliphatic heterocycles. The average molecular weight is 326 g/mol. The van der Waals surface area contributed by atoms with Crippen molar-refractivity contribution in [1.82, 2.24) is 4.90 Å². The van der Waals surface area contributed by atoms with Crippen LogP contribution in [0.25, 0.3) is 0 Å². The lowest BCUT2D eigenvalue weighted by Crippen LogP contribution is -2.40. The number of fused-ring (bicyclic) bond motifs is 1. The largest absolute Gasteiger partial charge is 0.444 e. The standard InChI is InChI=1S/C15H20BrNO2/c1-10-5-6-13(16)11-7-8-17(9-12(10)11)14(18)19-15(2,3)4/h5-6H,7-9H2,1-4H3. The van der Waals surface area contributed by atoms with Crippen LogP contribution in [0.15, 0.2) is 16.6 Å². The van der Waals surface area contributed by atoms with Crippen molar-refractivity contribution in [2.45, 2.75) is 46.3 Å². The topological polar surface area (TPSA) is 29.5 Å². The molecule has 0 N–H and O–H groups in total. The summed E-state index contributed by atoms with van der Waals surface area (Å²) in [5, 5.41) is 0. The molecule has 0 saturated carbocycles. The molecule has 1 heterocycles. The van der Waals surface area contributed by atoms with E-state index in [1.807, 2.05) is 20.8 Å². The van der Waals surface area contributed by atoms with Gasteiger partial charge in [-0.2, -0.15) is 0 Å². The first-order valence-electron chi connectivity index (χ1n) is 6.53. The smallest absolute Gasteiger partial charge is 0.410 e. The minimum atomic E-state index is -0.441. The summed E-state index contributed by atoms with van der Waals surface area (Å²) in [4.78, 5) is 13.9. The van der Waals surface area contributed by atoms with Crippen molar-refractivity contribution in [3.05, 3.63) is 33.3 Å². The van der Waals surface area contributed by atoms with Crippen molar-refractivity contribution in [3.8, 4) is 0 Å². The van der Waals surface area contributed by atoms with E-state index in [1.54, 1.807) is 4.90 Å². The maximum Gasteiger partial charge on any atom is 0.410 e. The molecule has 3 nitrogen and oxygen atoms in total. The number of aryl methyl sites for hydroxylation is 1. The van der Waals surface area contributed by atoms with E-state index in [-0.39, 0.29) is 6.09 Å². The van der Waals surface area contributed by atoms with Crippen LogP contribution in [-0.2, 0) is 17.7 Å². The lowest BCUT2D eigenvalue weighted by molar-refractivity contribution is 0.0223. The zero-order chi connectivity index (χ0) is 14.2. The van der Waals surface area contributed by atoms with E-state index >= 15 is 0 Å². The Hall–Kier alpha value is -1.03. The fraction of sp³-hybridized carbons (Fsp3) is 0.533. The van der Waals surface area contributed by atoms with Crippen LogP contribution in [0.4, 0.5) is 4.79 Å². The Morgan fingerprint density at radius 2 is 2.00 bits per heavy atom. The Kier molecular flexibility index (Phi) is 3.90. The highest BCUT2D eigenvalue weighted by Crippen LogP contribution is 2.29. The number of carbonyl (C=O) groups excluding carboxylic acids is 1. The third kappa shape index (κ3) is 3.30. The first-order chi connectivity index (χ1) is 8.78. The third-order valence-corrected chi connectivity index (χ3v) is 3.98. The van der Waals surface area contributed by atoms with Gasteiger partial charge in [0.1, 0.15) is 5.60 Å². The molecule has 1 amide bonds. The third-order valence-electron chi connectivity index (χ3n) is 3.24. The van der Waals surface area contributed by atoms with Crippen LogP contribution in [-0.4, -0.2) is 23.1 Å². The van der Waals surface area contributed by atoms with Gasteiger partial charge in [0, 0.05) is 17.6 Å². The van der Waals surface area contributed by atoms with Gasteiger partial charge in [-0.05, 0) is 56.9 Å². The molecule has 0 radical (unpaired) electrons. The summed E-state index contributed by atoms with van der Waals surface area (Å²) in [7, 11) is 0. The van der Waals surface area contributed by atoms with E-state index < -0.39 is 5.60 Å². The van der Waals surface area contributed by atoms with E-state index in [2.05, 4.69) is 35.0 Å². The Balaban J connectivity index is 2.18. The van der Waals surface area contributed by atoms with Gasteiger partial charge in [-0.25, -0.2) is 4.79 Å². The van der Waals surface area contributed by atoms with Crippen LogP contribution in [0, 0.1) is 6.92 Å². The van der Waals surface area contributed by atoms with Crippen molar-refractivity contribution < 1.29 is 9.53 Å². The zero-order valence-corrected chi connectivity index (χ0v) is 13.5. The molecular formula is C15H20BrNO2. The molecule has 0 saturated heterocycles. The van der Waals surface area contributed by atoms with Crippen molar-refractivity contribution in [3.63, 3.8) is 0 Å². The van der Waals surface area contributed by atoms with Gasteiger partial charge in [-0.1, -0.05) is 22.0 Å². The van der Waals surface area contributed by atoms with Crippen LogP contribution >= 0.6 is 15.9 Å². The Morgan fingerprint density at radius 3 is 2.63 bits per heavy atom. The molecule has 1 aliphatic rings. The molecule has 0 atom stereocenters. The van der Waals surface area contributed by atoms with E-state index in [0.29, 0.717) is 13.1 Å². The molecule has 104 valence electrons. The lowest BCUT2D eigenvalue weighted by Gasteiger charge is -2.32. The second kappa shape index (κ2) is 5.16. The maximum atomic E-state index is 12.1. The van der Waals surface area contributed by atoms with Crippen molar-refractivity contribution in [2.75, 3.05) is 6.54 Å². The van der Waals surface area contributed by atoms with Crippen molar-refractivity contribution in [1.29, 1.82) is 0 Å². The van der Waals surface area contributed by atoms with Gasteiger partial charge in [0.15, 0.2) is 0 Å². The lowest BCUT2D eigenvalue weighted by atomic mass is 9.96. The van der Waals surface area contributed by atoms with Crippen LogP contribution < -0.4 is 0 Å². The summed E-state index contributed by atoms with van der Waals surface area (Å²) >= 11 is 3.59. The molecule has 0 aromatic heterocycles. The summed E-state index contributed by atoms with van der Waals surface area (Å²) in [6, 6.07) is 4.17. The van der Waals surface area contributed by atoms with E-state index in [4.69, 9.17) is 4.74 Å². The molecular weight excluding hydrogens is 306 g/mol. The van der Waals surface area contributed by atoms with E-state index in [1.165, 1.54) is 16.7 Å². The molecule has 0 aliphatic carbocycles. The van der Waals surface area contributed by atoms with Crippen LogP contribution in [0.5, 0.6) is 0 Å². The van der Waals surface area contributed by atoms with Gasteiger partial charge < -0.3 is 9.64 Å². The minimum absolute atomic E-state index is 0.225. The Labute approximate surface area is 123 Å². The first-order valence-corrected chi connectivity index (χ1v) is 7.32. The molecule has 19 heavy (non-hydrogen) atoms. The predicted octanol–water partition coefficient (Wildman–Crippen LogP) is 4.05. The van der Waals surface area contributed by atoms with E-state index in [9.17, 15) is 4.79 Å². The fourth-order valence-electron chi connectivity index (χ4n) is 2.27. The van der Waals surface area contributed by atoms with Crippen LogP contribution in [0.1, 0.15) is 37.5 Å². The molecule has 0 unspecified atom stereocenters.